The number of alkyl carbamates (subject to hydrolysis) is 1. The first-order chi connectivity index (χ1) is 17.1. The zero-order chi connectivity index (χ0) is 25.9. The number of halogens is 3. The number of benzene rings is 3. The molecule has 0 heterocycles. The third-order valence-electron chi connectivity index (χ3n) is 6.03. The number of aliphatic hydroxyl groups is 2. The highest BCUT2D eigenvalue weighted by molar-refractivity contribution is 5.79. The summed E-state index contributed by atoms with van der Waals surface area (Å²) in [5.74, 6) is -0.681. The first kappa shape index (κ1) is 25.3. The maximum absolute atomic E-state index is 12.5. The van der Waals surface area contributed by atoms with E-state index >= 15 is 0 Å². The number of nitrogen functional groups attached to an aromatic ring is 1. The Morgan fingerprint density at radius 2 is 1.61 bits per heavy atom. The summed E-state index contributed by atoms with van der Waals surface area (Å²) in [6, 6.07) is 18.9. The van der Waals surface area contributed by atoms with Crippen LogP contribution in [0, 0.1) is 0 Å². The molecule has 1 aliphatic carbocycles. The molecule has 0 spiro atoms. The number of aliphatic hydroxyl groups excluding tert-OH is 2. The molecule has 3 aromatic rings. The zero-order valence-electron chi connectivity index (χ0n) is 19.0. The van der Waals surface area contributed by atoms with Gasteiger partial charge in [-0.15, -0.1) is 13.2 Å². The molecule has 0 bridgehead atoms. The van der Waals surface area contributed by atoms with Crippen molar-refractivity contribution in [3.63, 3.8) is 0 Å². The molecule has 3 aromatic carbocycles. The fourth-order valence-corrected chi connectivity index (χ4v) is 4.34. The quantitative estimate of drug-likeness (QED) is 0.338. The van der Waals surface area contributed by atoms with Crippen LogP contribution < -0.4 is 15.8 Å². The number of alkyl halides is 3. The van der Waals surface area contributed by atoms with Crippen LogP contribution >= 0.6 is 0 Å². The van der Waals surface area contributed by atoms with E-state index in [1.807, 2.05) is 48.5 Å². The van der Waals surface area contributed by atoms with Gasteiger partial charge in [-0.3, -0.25) is 0 Å². The Morgan fingerprint density at radius 1 is 1.00 bits per heavy atom. The van der Waals surface area contributed by atoms with E-state index in [0.29, 0.717) is 0 Å². The topological polar surface area (TPSA) is 114 Å². The van der Waals surface area contributed by atoms with Crippen molar-refractivity contribution in [1.82, 2.24) is 5.32 Å². The van der Waals surface area contributed by atoms with Gasteiger partial charge in [0.25, 0.3) is 0 Å². The van der Waals surface area contributed by atoms with Crippen molar-refractivity contribution in [2.24, 2.45) is 0 Å². The highest BCUT2D eigenvalue weighted by Gasteiger charge is 2.32. The summed E-state index contributed by atoms with van der Waals surface area (Å²) in [4.78, 5) is 12.3. The molecule has 0 fully saturated rings. The predicted molar refractivity (Wildman–Crippen MR) is 126 cm³/mol. The van der Waals surface area contributed by atoms with Gasteiger partial charge in [0.2, 0.25) is 0 Å². The number of amides is 1. The Kier molecular flexibility index (Phi) is 7.37. The minimum Gasteiger partial charge on any atom is -0.449 e. The predicted octanol–water partition coefficient (Wildman–Crippen LogP) is 4.49. The monoisotopic (exact) mass is 502 g/mol. The van der Waals surface area contributed by atoms with E-state index in [1.165, 1.54) is 0 Å². The highest BCUT2D eigenvalue weighted by atomic mass is 19.4. The van der Waals surface area contributed by atoms with Gasteiger partial charge in [0, 0.05) is 23.7 Å². The molecular formula is C26H25F3N2O5. The molecule has 0 radical (unpaired) electrons. The molecule has 4 rings (SSSR count). The van der Waals surface area contributed by atoms with Crippen LogP contribution in [0.1, 0.15) is 35.1 Å². The lowest BCUT2D eigenvalue weighted by Gasteiger charge is -2.21. The molecule has 10 heteroatoms. The van der Waals surface area contributed by atoms with Gasteiger partial charge in [-0.1, -0.05) is 48.5 Å². The van der Waals surface area contributed by atoms with Crippen molar-refractivity contribution in [2.45, 2.75) is 30.9 Å². The number of anilines is 1. The first-order valence-electron chi connectivity index (χ1n) is 11.2. The molecular weight excluding hydrogens is 477 g/mol. The van der Waals surface area contributed by atoms with Gasteiger partial charge in [0.05, 0.1) is 6.10 Å². The minimum atomic E-state index is -4.91. The van der Waals surface area contributed by atoms with Gasteiger partial charge in [0.15, 0.2) is 0 Å². The van der Waals surface area contributed by atoms with Crippen molar-refractivity contribution in [3.05, 3.63) is 83.4 Å². The van der Waals surface area contributed by atoms with Crippen LogP contribution in [0.4, 0.5) is 23.7 Å². The second-order valence-corrected chi connectivity index (χ2v) is 8.39. The van der Waals surface area contributed by atoms with E-state index in [9.17, 15) is 28.2 Å². The number of hydrogen-bond acceptors (Lipinski definition) is 6. The van der Waals surface area contributed by atoms with Gasteiger partial charge in [0.1, 0.15) is 18.5 Å². The largest absolute Gasteiger partial charge is 0.573 e. The molecule has 7 nitrogen and oxygen atoms in total. The Labute approximate surface area is 205 Å². The number of nitrogens with one attached hydrogen (secondary N) is 1. The highest BCUT2D eigenvalue weighted by Crippen LogP contribution is 2.44. The molecule has 0 saturated heterocycles. The lowest BCUT2D eigenvalue weighted by atomic mass is 9.98. The molecule has 36 heavy (non-hydrogen) atoms. The third kappa shape index (κ3) is 5.72. The van der Waals surface area contributed by atoms with Crippen molar-refractivity contribution in [3.8, 4) is 16.9 Å². The average molecular weight is 502 g/mol. The van der Waals surface area contributed by atoms with Crippen molar-refractivity contribution in [1.29, 1.82) is 0 Å². The molecule has 190 valence electrons. The smallest absolute Gasteiger partial charge is 0.449 e. The Bertz CT molecular complexity index is 1190. The molecule has 0 aromatic heterocycles. The molecule has 1 amide bonds. The first-order valence-corrected chi connectivity index (χ1v) is 11.2. The number of carbonyl (C=O) groups excluding carboxylic acids is 1. The Hall–Kier alpha value is -3.76. The molecule has 1 aliphatic rings. The lowest BCUT2D eigenvalue weighted by Crippen LogP contribution is -2.31. The van der Waals surface area contributed by atoms with Crippen molar-refractivity contribution in [2.75, 3.05) is 18.9 Å². The minimum absolute atomic E-state index is 0.0134. The summed E-state index contributed by atoms with van der Waals surface area (Å²) >= 11 is 0. The molecule has 2 atom stereocenters. The summed E-state index contributed by atoms with van der Waals surface area (Å²) in [6.07, 6.45) is -8.72. The van der Waals surface area contributed by atoms with Crippen LogP contribution in [0.15, 0.2) is 66.7 Å². The molecule has 5 N–H and O–H groups in total. The fraction of sp³-hybridized carbons (Fsp3) is 0.269. The fourth-order valence-electron chi connectivity index (χ4n) is 4.34. The van der Waals surface area contributed by atoms with Gasteiger partial charge in [-0.2, -0.15) is 0 Å². The summed E-state index contributed by atoms with van der Waals surface area (Å²) in [5.41, 5.74) is 9.94. The second-order valence-electron chi connectivity index (χ2n) is 8.39. The van der Waals surface area contributed by atoms with Crippen LogP contribution in [-0.2, 0) is 4.74 Å². The zero-order valence-corrected chi connectivity index (χ0v) is 19.0. The Morgan fingerprint density at radius 3 is 2.22 bits per heavy atom. The average Bonchev–Trinajstić information content (AvgIpc) is 3.16. The Balaban J connectivity index is 1.29. The lowest BCUT2D eigenvalue weighted by molar-refractivity contribution is -0.274. The van der Waals surface area contributed by atoms with Gasteiger partial charge in [-0.25, -0.2) is 4.79 Å². The summed E-state index contributed by atoms with van der Waals surface area (Å²) in [7, 11) is 0. The van der Waals surface area contributed by atoms with E-state index in [-0.39, 0.29) is 36.7 Å². The summed E-state index contributed by atoms with van der Waals surface area (Å²) in [5, 5.41) is 23.2. The van der Waals surface area contributed by atoms with Crippen LogP contribution in [0.3, 0.4) is 0 Å². The summed E-state index contributed by atoms with van der Waals surface area (Å²) in [6.45, 7) is 0.0706. The number of hydrogen-bond donors (Lipinski definition) is 4. The third-order valence-corrected chi connectivity index (χ3v) is 6.03. The summed E-state index contributed by atoms with van der Waals surface area (Å²) < 4.78 is 46.6. The second kappa shape index (κ2) is 10.5. The van der Waals surface area contributed by atoms with Crippen molar-refractivity contribution < 1.29 is 37.7 Å². The van der Waals surface area contributed by atoms with Gasteiger partial charge < -0.3 is 30.7 Å². The molecule has 0 aliphatic heterocycles. The number of rotatable bonds is 8. The van der Waals surface area contributed by atoms with E-state index in [4.69, 9.17) is 10.5 Å². The van der Waals surface area contributed by atoms with Crippen molar-refractivity contribution >= 4 is 11.8 Å². The van der Waals surface area contributed by atoms with Crippen LogP contribution in [-0.4, -0.2) is 41.9 Å². The maximum Gasteiger partial charge on any atom is 0.573 e. The van der Waals surface area contributed by atoms with Crippen LogP contribution in [0.25, 0.3) is 11.1 Å². The van der Waals surface area contributed by atoms with Crippen LogP contribution in [0.2, 0.25) is 0 Å². The standard InChI is InChI=1S/C26H25F3N2O5/c27-26(28,29)36-15-9-10-22(30)20(13-15)24(33)23(32)11-12-31-25(34)35-14-21-18-7-3-1-5-16(18)17-6-2-4-8-19(17)21/h1-10,13,21,23-24,32-33H,11-12,14,30H2,(H,31,34). The molecule has 0 saturated carbocycles. The number of ether oxygens (including phenoxy) is 2. The van der Waals surface area contributed by atoms with E-state index in [2.05, 4.69) is 10.1 Å². The normalized spacial score (nSPS) is 14.5. The molecule has 2 unspecified atom stereocenters. The number of fused-ring (bicyclic) bond motifs is 3. The van der Waals surface area contributed by atoms with Crippen LogP contribution in [0.5, 0.6) is 5.75 Å². The van der Waals surface area contributed by atoms with Gasteiger partial charge in [-0.05, 0) is 46.9 Å². The maximum atomic E-state index is 12.5. The number of nitrogens with two attached hydrogens (primary N) is 1. The van der Waals surface area contributed by atoms with E-state index in [0.717, 1.165) is 40.5 Å². The van der Waals surface area contributed by atoms with E-state index in [1.54, 1.807) is 0 Å². The van der Waals surface area contributed by atoms with E-state index < -0.39 is 30.4 Å². The SMILES string of the molecule is Nc1ccc(OC(F)(F)F)cc1C(O)C(O)CCNC(=O)OCC1c2ccccc2-c2ccccc21. The van der Waals surface area contributed by atoms with Gasteiger partial charge >= 0.3 is 12.5 Å². The number of carbonyl (C=O) groups is 1.